The fourth-order valence-electron chi connectivity index (χ4n) is 2.86. The van der Waals surface area contributed by atoms with Gasteiger partial charge < -0.3 is 10.2 Å². The highest BCUT2D eigenvalue weighted by atomic mass is 32.2. The number of hydrogen-bond acceptors (Lipinski definition) is 3. The third-order valence-electron chi connectivity index (χ3n) is 3.93. The van der Waals surface area contributed by atoms with Gasteiger partial charge in [0.05, 0.1) is 0 Å². The molecule has 0 radical (unpaired) electrons. The summed E-state index contributed by atoms with van der Waals surface area (Å²) in [5.74, 6) is 2.66. The minimum absolute atomic E-state index is 0.583. The Bertz CT molecular complexity index is 212. The van der Waals surface area contributed by atoms with Gasteiger partial charge in [0.25, 0.3) is 0 Å². The minimum Gasteiger partial charge on any atom is -0.313 e. The van der Waals surface area contributed by atoms with Gasteiger partial charge in [0, 0.05) is 43.7 Å². The van der Waals surface area contributed by atoms with Crippen LogP contribution in [0.25, 0.3) is 0 Å². The Balaban J connectivity index is 1.58. The van der Waals surface area contributed by atoms with Crippen molar-refractivity contribution in [2.45, 2.75) is 39.2 Å². The van der Waals surface area contributed by atoms with E-state index < -0.39 is 0 Å². The van der Waals surface area contributed by atoms with Crippen molar-refractivity contribution < 1.29 is 0 Å². The molecule has 2 nitrogen and oxygen atoms in total. The molecule has 0 aromatic rings. The predicted molar refractivity (Wildman–Crippen MR) is 73.2 cm³/mol. The van der Waals surface area contributed by atoms with Crippen LogP contribution < -0.4 is 5.32 Å². The molecule has 1 saturated heterocycles. The van der Waals surface area contributed by atoms with Crippen molar-refractivity contribution in [3.05, 3.63) is 0 Å². The van der Waals surface area contributed by atoms with Gasteiger partial charge in [-0.2, -0.15) is 11.8 Å². The molecular formula is C13H26N2S. The summed E-state index contributed by atoms with van der Waals surface area (Å²) in [6, 6.07) is 0.786. The largest absolute Gasteiger partial charge is 0.313 e. The topological polar surface area (TPSA) is 15.3 Å². The maximum atomic E-state index is 3.74. The SMILES string of the molecule is CC1(C)CCC(NCCN2CCSCC2)C1. The van der Waals surface area contributed by atoms with Crippen molar-refractivity contribution in [1.82, 2.24) is 10.2 Å². The summed E-state index contributed by atoms with van der Waals surface area (Å²) in [7, 11) is 0. The van der Waals surface area contributed by atoms with Crippen LogP contribution in [0.4, 0.5) is 0 Å². The second kappa shape index (κ2) is 5.74. The van der Waals surface area contributed by atoms with Crippen LogP contribution in [0.5, 0.6) is 0 Å². The average Bonchev–Trinajstić information content (AvgIpc) is 2.60. The lowest BCUT2D eigenvalue weighted by Gasteiger charge is -2.27. The van der Waals surface area contributed by atoms with E-state index in [1.165, 1.54) is 56.9 Å². The van der Waals surface area contributed by atoms with E-state index in [0.717, 1.165) is 6.04 Å². The van der Waals surface area contributed by atoms with Crippen LogP contribution in [0.3, 0.4) is 0 Å². The molecule has 0 spiro atoms. The van der Waals surface area contributed by atoms with Crippen molar-refractivity contribution in [1.29, 1.82) is 0 Å². The first-order valence-electron chi connectivity index (χ1n) is 6.69. The van der Waals surface area contributed by atoms with Crippen molar-refractivity contribution in [3.8, 4) is 0 Å². The standard InChI is InChI=1S/C13H26N2S/c1-13(2)4-3-12(11-13)14-5-6-15-7-9-16-10-8-15/h12,14H,3-11H2,1-2H3. The van der Waals surface area contributed by atoms with Gasteiger partial charge in [0.1, 0.15) is 0 Å². The van der Waals surface area contributed by atoms with E-state index in [-0.39, 0.29) is 0 Å². The summed E-state index contributed by atoms with van der Waals surface area (Å²) in [5, 5.41) is 3.74. The van der Waals surface area contributed by atoms with Gasteiger partial charge in [-0.25, -0.2) is 0 Å². The average molecular weight is 242 g/mol. The molecule has 94 valence electrons. The van der Waals surface area contributed by atoms with E-state index in [4.69, 9.17) is 0 Å². The van der Waals surface area contributed by atoms with Crippen molar-refractivity contribution in [3.63, 3.8) is 0 Å². The molecule has 1 N–H and O–H groups in total. The Kier molecular flexibility index (Phi) is 4.57. The normalized spacial score (nSPS) is 30.8. The molecule has 3 heteroatoms. The van der Waals surface area contributed by atoms with Crippen LogP contribution in [0.2, 0.25) is 0 Å². The van der Waals surface area contributed by atoms with E-state index in [1.807, 2.05) is 0 Å². The summed E-state index contributed by atoms with van der Waals surface area (Å²) < 4.78 is 0. The maximum absolute atomic E-state index is 3.74. The van der Waals surface area contributed by atoms with Gasteiger partial charge in [0.2, 0.25) is 0 Å². The van der Waals surface area contributed by atoms with Crippen LogP contribution in [-0.2, 0) is 0 Å². The van der Waals surface area contributed by atoms with Crippen molar-refractivity contribution in [2.75, 3.05) is 37.7 Å². The second-order valence-electron chi connectivity index (χ2n) is 6.01. The number of thioether (sulfide) groups is 1. The number of nitrogens with one attached hydrogen (secondary N) is 1. The molecule has 0 bridgehead atoms. The number of nitrogens with zero attached hydrogens (tertiary/aromatic N) is 1. The molecule has 2 aliphatic rings. The molecule has 1 atom stereocenters. The summed E-state index contributed by atoms with van der Waals surface area (Å²) in [6.07, 6.45) is 4.14. The Morgan fingerprint density at radius 3 is 2.69 bits per heavy atom. The summed E-state index contributed by atoms with van der Waals surface area (Å²) in [4.78, 5) is 2.60. The van der Waals surface area contributed by atoms with Gasteiger partial charge in [0.15, 0.2) is 0 Å². The highest BCUT2D eigenvalue weighted by Gasteiger charge is 2.30. The van der Waals surface area contributed by atoms with Crippen molar-refractivity contribution >= 4 is 11.8 Å². The molecule has 0 amide bonds. The van der Waals surface area contributed by atoms with Gasteiger partial charge >= 0.3 is 0 Å². The van der Waals surface area contributed by atoms with Crippen molar-refractivity contribution in [2.24, 2.45) is 5.41 Å². The van der Waals surface area contributed by atoms with E-state index >= 15 is 0 Å². The zero-order chi connectivity index (χ0) is 11.4. The number of rotatable bonds is 4. The molecule has 1 saturated carbocycles. The van der Waals surface area contributed by atoms with Gasteiger partial charge in [-0.15, -0.1) is 0 Å². The molecule has 2 fully saturated rings. The highest BCUT2D eigenvalue weighted by Crippen LogP contribution is 2.36. The quantitative estimate of drug-likeness (QED) is 0.814. The summed E-state index contributed by atoms with van der Waals surface area (Å²) in [5.41, 5.74) is 0.583. The van der Waals surface area contributed by atoms with Crippen LogP contribution in [0.1, 0.15) is 33.1 Å². The molecular weight excluding hydrogens is 216 g/mol. The van der Waals surface area contributed by atoms with Crippen LogP contribution >= 0.6 is 11.8 Å². The Hall–Kier alpha value is 0.270. The molecule has 2 rings (SSSR count). The minimum atomic E-state index is 0.583. The molecule has 1 aliphatic carbocycles. The Morgan fingerprint density at radius 2 is 2.06 bits per heavy atom. The fourth-order valence-corrected chi connectivity index (χ4v) is 3.84. The Labute approximate surface area is 105 Å². The van der Waals surface area contributed by atoms with E-state index in [1.54, 1.807) is 0 Å². The van der Waals surface area contributed by atoms with E-state index in [0.29, 0.717) is 5.41 Å². The fraction of sp³-hybridized carbons (Fsp3) is 1.00. The molecule has 1 unspecified atom stereocenters. The van der Waals surface area contributed by atoms with Crippen LogP contribution in [0, 0.1) is 5.41 Å². The summed E-state index contributed by atoms with van der Waals surface area (Å²) >= 11 is 2.10. The second-order valence-corrected chi connectivity index (χ2v) is 7.24. The zero-order valence-corrected chi connectivity index (χ0v) is 11.6. The molecule has 1 aliphatic heterocycles. The third-order valence-corrected chi connectivity index (χ3v) is 4.88. The van der Waals surface area contributed by atoms with Gasteiger partial charge in [-0.3, -0.25) is 0 Å². The first-order valence-corrected chi connectivity index (χ1v) is 7.85. The molecule has 0 aromatic heterocycles. The molecule has 1 heterocycles. The third kappa shape index (κ3) is 3.94. The van der Waals surface area contributed by atoms with E-state index in [2.05, 4.69) is 35.8 Å². The van der Waals surface area contributed by atoms with Crippen LogP contribution in [-0.4, -0.2) is 48.6 Å². The molecule has 0 aromatic carbocycles. The zero-order valence-electron chi connectivity index (χ0n) is 10.8. The molecule has 16 heavy (non-hydrogen) atoms. The van der Waals surface area contributed by atoms with Crippen LogP contribution in [0.15, 0.2) is 0 Å². The highest BCUT2D eigenvalue weighted by molar-refractivity contribution is 7.99. The smallest absolute Gasteiger partial charge is 0.0108 e. The number of hydrogen-bond donors (Lipinski definition) is 1. The first-order chi connectivity index (χ1) is 7.66. The van der Waals surface area contributed by atoms with Gasteiger partial charge in [-0.1, -0.05) is 13.8 Å². The Morgan fingerprint density at radius 1 is 1.31 bits per heavy atom. The van der Waals surface area contributed by atoms with Gasteiger partial charge in [-0.05, 0) is 24.7 Å². The predicted octanol–water partition coefficient (Wildman–Crippen LogP) is 2.20. The lowest BCUT2D eigenvalue weighted by Crippen LogP contribution is -2.40. The maximum Gasteiger partial charge on any atom is 0.0108 e. The lowest BCUT2D eigenvalue weighted by atomic mass is 9.92. The summed E-state index contributed by atoms with van der Waals surface area (Å²) in [6.45, 7) is 9.82. The first kappa shape index (κ1) is 12.7. The van der Waals surface area contributed by atoms with E-state index in [9.17, 15) is 0 Å². The lowest BCUT2D eigenvalue weighted by molar-refractivity contribution is 0.291. The monoisotopic (exact) mass is 242 g/mol.